The fraction of sp³-hybridized carbons (Fsp3) is 0.800. The first-order chi connectivity index (χ1) is 7.11. The molecule has 0 heterocycles. The number of thiocarbonyl (C=S) groups is 1. The highest BCUT2D eigenvalue weighted by molar-refractivity contribution is 7.80. The van der Waals surface area contributed by atoms with Crippen molar-refractivity contribution in [2.24, 2.45) is 5.73 Å². The van der Waals surface area contributed by atoms with Crippen molar-refractivity contribution in [2.75, 3.05) is 0 Å². The van der Waals surface area contributed by atoms with E-state index in [-0.39, 0.29) is 12.1 Å². The number of nitrogens with one attached hydrogen (secondary N) is 2. The quantitative estimate of drug-likeness (QED) is 0.622. The van der Waals surface area contributed by atoms with Gasteiger partial charge in [-0.05, 0) is 25.7 Å². The summed E-state index contributed by atoms with van der Waals surface area (Å²) in [5, 5.41) is 5.80. The van der Waals surface area contributed by atoms with Crippen LogP contribution in [0.2, 0.25) is 0 Å². The van der Waals surface area contributed by atoms with Crippen molar-refractivity contribution >= 4 is 23.2 Å². The van der Waals surface area contributed by atoms with E-state index in [0.717, 1.165) is 19.3 Å². The zero-order chi connectivity index (χ0) is 11.3. The molecule has 0 aliphatic heterocycles. The second-order valence-corrected chi connectivity index (χ2v) is 4.55. The van der Waals surface area contributed by atoms with Gasteiger partial charge in [0.05, 0.1) is 4.99 Å². The maximum Gasteiger partial charge on any atom is 0.315 e. The van der Waals surface area contributed by atoms with Crippen LogP contribution in [0.25, 0.3) is 0 Å². The fourth-order valence-corrected chi connectivity index (χ4v) is 1.71. The molecule has 1 rings (SSSR count). The van der Waals surface area contributed by atoms with Gasteiger partial charge in [-0.3, -0.25) is 0 Å². The van der Waals surface area contributed by atoms with Crippen molar-refractivity contribution in [3.05, 3.63) is 0 Å². The number of urea groups is 1. The van der Waals surface area contributed by atoms with Crippen LogP contribution >= 0.6 is 12.2 Å². The maximum absolute atomic E-state index is 11.5. The molecule has 4 N–H and O–H groups in total. The summed E-state index contributed by atoms with van der Waals surface area (Å²) < 4.78 is 0. The molecule has 0 aromatic heterocycles. The molecule has 2 amide bonds. The Morgan fingerprint density at radius 3 is 2.67 bits per heavy atom. The number of nitrogens with two attached hydrogens (primary N) is 1. The van der Waals surface area contributed by atoms with Crippen LogP contribution in [0.4, 0.5) is 4.79 Å². The molecule has 5 heteroatoms. The summed E-state index contributed by atoms with van der Waals surface area (Å²) in [6.07, 6.45) is 4.83. The zero-order valence-corrected chi connectivity index (χ0v) is 9.90. The van der Waals surface area contributed by atoms with E-state index in [0.29, 0.717) is 17.5 Å². The number of hydrogen-bond acceptors (Lipinski definition) is 2. The van der Waals surface area contributed by atoms with Crippen molar-refractivity contribution in [2.45, 2.75) is 51.1 Å². The summed E-state index contributed by atoms with van der Waals surface area (Å²) in [6, 6.07) is 0.331. The standard InChI is InChI=1S/C10H19N3OS/c1-2-7(6-9(11)15)12-10(14)13-8-4-3-5-8/h7-8H,2-6H2,1H3,(H2,11,15)(H2,12,13,14). The molecule has 86 valence electrons. The molecule has 4 nitrogen and oxygen atoms in total. The smallest absolute Gasteiger partial charge is 0.315 e. The van der Waals surface area contributed by atoms with Gasteiger partial charge in [-0.25, -0.2) is 4.79 Å². The van der Waals surface area contributed by atoms with Gasteiger partial charge in [0.25, 0.3) is 0 Å². The van der Waals surface area contributed by atoms with E-state index in [2.05, 4.69) is 10.6 Å². The molecule has 1 aliphatic rings. The Morgan fingerprint density at radius 2 is 2.27 bits per heavy atom. The molecule has 0 radical (unpaired) electrons. The van der Waals surface area contributed by atoms with Crippen LogP contribution in [0.15, 0.2) is 0 Å². The minimum Gasteiger partial charge on any atom is -0.393 e. The number of carbonyl (C=O) groups excluding carboxylic acids is 1. The van der Waals surface area contributed by atoms with Crippen LogP contribution in [-0.4, -0.2) is 23.1 Å². The number of hydrogen-bond donors (Lipinski definition) is 3. The Labute approximate surface area is 96.0 Å². The molecular formula is C10H19N3OS. The molecule has 0 aromatic carbocycles. The van der Waals surface area contributed by atoms with Gasteiger partial charge in [0.15, 0.2) is 0 Å². The molecule has 1 aliphatic carbocycles. The van der Waals surface area contributed by atoms with Crippen LogP contribution in [0.5, 0.6) is 0 Å². The molecule has 15 heavy (non-hydrogen) atoms. The first kappa shape index (κ1) is 12.2. The molecule has 1 atom stereocenters. The molecule has 0 spiro atoms. The van der Waals surface area contributed by atoms with Gasteiger partial charge < -0.3 is 16.4 Å². The van der Waals surface area contributed by atoms with Gasteiger partial charge in [-0.1, -0.05) is 19.1 Å². The van der Waals surface area contributed by atoms with Crippen LogP contribution in [0.1, 0.15) is 39.0 Å². The average Bonchev–Trinajstić information content (AvgIpc) is 2.09. The number of amides is 2. The van der Waals surface area contributed by atoms with Crippen LogP contribution in [0.3, 0.4) is 0 Å². The number of carbonyl (C=O) groups is 1. The summed E-state index contributed by atoms with van der Waals surface area (Å²) in [5.41, 5.74) is 5.44. The van der Waals surface area contributed by atoms with Gasteiger partial charge in [0.1, 0.15) is 0 Å². The SMILES string of the molecule is CCC(CC(N)=S)NC(=O)NC1CCC1. The van der Waals surface area contributed by atoms with E-state index in [9.17, 15) is 4.79 Å². The van der Waals surface area contributed by atoms with Crippen LogP contribution < -0.4 is 16.4 Å². The predicted molar refractivity (Wildman–Crippen MR) is 64.8 cm³/mol. The lowest BCUT2D eigenvalue weighted by molar-refractivity contribution is 0.224. The van der Waals surface area contributed by atoms with Gasteiger partial charge >= 0.3 is 6.03 Å². The highest BCUT2D eigenvalue weighted by atomic mass is 32.1. The first-order valence-corrected chi connectivity index (χ1v) is 5.88. The van der Waals surface area contributed by atoms with Crippen molar-refractivity contribution in [3.63, 3.8) is 0 Å². The number of rotatable bonds is 5. The topological polar surface area (TPSA) is 67.1 Å². The fourth-order valence-electron chi connectivity index (χ4n) is 1.51. The molecular weight excluding hydrogens is 210 g/mol. The van der Waals surface area contributed by atoms with E-state index in [4.69, 9.17) is 18.0 Å². The highest BCUT2D eigenvalue weighted by Crippen LogP contribution is 2.17. The zero-order valence-electron chi connectivity index (χ0n) is 9.08. The largest absolute Gasteiger partial charge is 0.393 e. The molecule has 0 aromatic rings. The van der Waals surface area contributed by atoms with Gasteiger partial charge in [0, 0.05) is 18.5 Å². The van der Waals surface area contributed by atoms with Gasteiger partial charge in [-0.2, -0.15) is 0 Å². The summed E-state index contributed by atoms with van der Waals surface area (Å²) in [7, 11) is 0. The second kappa shape index (κ2) is 5.90. The Balaban J connectivity index is 2.23. The predicted octanol–water partition coefficient (Wildman–Crippen LogP) is 1.29. The first-order valence-electron chi connectivity index (χ1n) is 5.47. The average molecular weight is 229 g/mol. The lowest BCUT2D eigenvalue weighted by Crippen LogP contribution is -2.48. The molecule has 0 saturated heterocycles. The minimum atomic E-state index is -0.0946. The summed E-state index contributed by atoms with van der Waals surface area (Å²) in [4.78, 5) is 11.9. The molecule has 1 saturated carbocycles. The summed E-state index contributed by atoms with van der Waals surface area (Å²) in [6.45, 7) is 2.01. The molecule has 0 bridgehead atoms. The Bertz CT molecular complexity index is 241. The molecule has 1 fully saturated rings. The normalized spacial score (nSPS) is 17.7. The van der Waals surface area contributed by atoms with Gasteiger partial charge in [0.2, 0.25) is 0 Å². The minimum absolute atomic E-state index is 0.0579. The van der Waals surface area contributed by atoms with E-state index in [1.54, 1.807) is 0 Å². The lowest BCUT2D eigenvalue weighted by Gasteiger charge is -2.27. The van der Waals surface area contributed by atoms with E-state index in [1.807, 2.05) is 6.92 Å². The maximum atomic E-state index is 11.5. The summed E-state index contributed by atoms with van der Waals surface area (Å²) in [5.74, 6) is 0. The Morgan fingerprint density at radius 1 is 1.60 bits per heavy atom. The van der Waals surface area contributed by atoms with E-state index >= 15 is 0 Å². The van der Waals surface area contributed by atoms with Crippen LogP contribution in [0, 0.1) is 0 Å². The van der Waals surface area contributed by atoms with Crippen LogP contribution in [-0.2, 0) is 0 Å². The third-order valence-electron chi connectivity index (χ3n) is 2.72. The second-order valence-electron chi connectivity index (χ2n) is 4.02. The van der Waals surface area contributed by atoms with Crippen molar-refractivity contribution < 1.29 is 4.79 Å². The summed E-state index contributed by atoms with van der Waals surface area (Å²) >= 11 is 4.82. The Kier molecular flexibility index (Phi) is 4.81. The van der Waals surface area contributed by atoms with Crippen molar-refractivity contribution in [1.82, 2.24) is 10.6 Å². The van der Waals surface area contributed by atoms with E-state index in [1.165, 1.54) is 6.42 Å². The van der Waals surface area contributed by atoms with E-state index < -0.39 is 0 Å². The third-order valence-corrected chi connectivity index (χ3v) is 2.88. The monoisotopic (exact) mass is 229 g/mol. The van der Waals surface area contributed by atoms with Crippen molar-refractivity contribution in [1.29, 1.82) is 0 Å². The molecule has 1 unspecified atom stereocenters. The Hall–Kier alpha value is -0.840. The third kappa shape index (κ3) is 4.46. The van der Waals surface area contributed by atoms with Gasteiger partial charge in [-0.15, -0.1) is 0 Å². The highest BCUT2D eigenvalue weighted by Gasteiger charge is 2.20. The lowest BCUT2D eigenvalue weighted by atomic mass is 9.93. The van der Waals surface area contributed by atoms with Crippen molar-refractivity contribution in [3.8, 4) is 0 Å².